The van der Waals surface area contributed by atoms with Gasteiger partial charge in [0.1, 0.15) is 5.54 Å². The summed E-state index contributed by atoms with van der Waals surface area (Å²) in [6, 6.07) is 7.11. The monoisotopic (exact) mass is 382 g/mol. The number of anilines is 1. The van der Waals surface area contributed by atoms with Crippen LogP contribution >= 0.6 is 23.2 Å². The highest BCUT2D eigenvalue weighted by Gasteiger charge is 2.43. The van der Waals surface area contributed by atoms with Gasteiger partial charge in [0.2, 0.25) is 11.8 Å². The molecule has 1 aliphatic rings. The lowest BCUT2D eigenvalue weighted by molar-refractivity contribution is -0.124. The lowest BCUT2D eigenvalue weighted by Crippen LogP contribution is -2.50. The molecule has 2 rings (SSSR count). The van der Waals surface area contributed by atoms with Crippen molar-refractivity contribution in [1.82, 2.24) is 10.2 Å². The molecule has 8 heteroatoms. The number of nitrogens with one attached hydrogen (secondary N) is 2. The van der Waals surface area contributed by atoms with Crippen LogP contribution < -0.4 is 10.6 Å². The summed E-state index contributed by atoms with van der Waals surface area (Å²) in [4.78, 5) is 25.8. The number of carbonyl (C=O) groups excluding carboxylic acids is 2. The Morgan fingerprint density at radius 1 is 1.28 bits per heavy atom. The maximum absolute atomic E-state index is 12.1. The standard InChI is InChI=1S/C17H20Cl2N4O2/c1-17(10-20,11-6-7-11)22-15(25)9-23(2)8-14(24)21-16-12(18)4-3-5-13(16)19/h3-5,11H,6-9H2,1-2H3,(H,21,24)(H,22,25)/t17-/m1/s1. The number of nitrogens with zero attached hydrogens (tertiary/aromatic N) is 2. The lowest BCUT2D eigenvalue weighted by Gasteiger charge is -2.24. The highest BCUT2D eigenvalue weighted by molar-refractivity contribution is 6.39. The Bertz CT molecular complexity index is 695. The predicted molar refractivity (Wildman–Crippen MR) is 97.5 cm³/mol. The summed E-state index contributed by atoms with van der Waals surface area (Å²) in [5, 5.41) is 15.4. The topological polar surface area (TPSA) is 85.2 Å². The minimum atomic E-state index is -0.842. The third-order valence-electron chi connectivity index (χ3n) is 4.08. The fourth-order valence-electron chi connectivity index (χ4n) is 2.55. The molecule has 0 unspecified atom stereocenters. The van der Waals surface area contributed by atoms with Crippen molar-refractivity contribution >= 4 is 40.7 Å². The smallest absolute Gasteiger partial charge is 0.238 e. The van der Waals surface area contributed by atoms with Crippen LogP contribution in [0.1, 0.15) is 19.8 Å². The quantitative estimate of drug-likeness (QED) is 0.758. The molecule has 0 saturated heterocycles. The summed E-state index contributed by atoms with van der Waals surface area (Å²) in [5.74, 6) is -0.421. The maximum Gasteiger partial charge on any atom is 0.238 e. The Kier molecular flexibility index (Phi) is 6.28. The zero-order chi connectivity index (χ0) is 18.6. The van der Waals surface area contributed by atoms with Gasteiger partial charge in [-0.3, -0.25) is 14.5 Å². The Labute approximate surface area is 157 Å². The number of carbonyl (C=O) groups is 2. The van der Waals surface area contributed by atoms with E-state index in [0.717, 1.165) is 12.8 Å². The van der Waals surface area contributed by atoms with Gasteiger partial charge in [0.15, 0.2) is 0 Å². The number of para-hydroxylation sites is 1. The molecule has 1 saturated carbocycles. The number of rotatable bonds is 7. The predicted octanol–water partition coefficient (Wildman–Crippen LogP) is 2.67. The first-order chi connectivity index (χ1) is 11.7. The molecule has 1 fully saturated rings. The van der Waals surface area contributed by atoms with E-state index in [1.165, 1.54) is 0 Å². The number of hydrogen-bond donors (Lipinski definition) is 2. The van der Waals surface area contributed by atoms with Crippen LogP contribution in [0.3, 0.4) is 0 Å². The van der Waals surface area contributed by atoms with E-state index in [4.69, 9.17) is 23.2 Å². The van der Waals surface area contributed by atoms with E-state index < -0.39 is 5.54 Å². The Balaban J connectivity index is 1.85. The summed E-state index contributed by atoms with van der Waals surface area (Å²) in [6.45, 7) is 1.73. The summed E-state index contributed by atoms with van der Waals surface area (Å²) in [6.07, 6.45) is 1.89. The van der Waals surface area contributed by atoms with Crippen LogP contribution in [0.25, 0.3) is 0 Å². The van der Waals surface area contributed by atoms with Gasteiger partial charge in [-0.25, -0.2) is 0 Å². The third-order valence-corrected chi connectivity index (χ3v) is 4.71. The van der Waals surface area contributed by atoms with E-state index >= 15 is 0 Å². The van der Waals surface area contributed by atoms with Crippen molar-refractivity contribution < 1.29 is 9.59 Å². The van der Waals surface area contributed by atoms with E-state index in [-0.39, 0.29) is 30.8 Å². The van der Waals surface area contributed by atoms with E-state index in [9.17, 15) is 14.9 Å². The SMILES string of the molecule is CN(CC(=O)Nc1c(Cl)cccc1Cl)CC(=O)N[C@](C)(C#N)C1CC1. The second-order valence-electron chi connectivity index (χ2n) is 6.45. The average Bonchev–Trinajstić information content (AvgIpc) is 3.35. The van der Waals surface area contributed by atoms with Crippen LogP contribution in [0.5, 0.6) is 0 Å². The summed E-state index contributed by atoms with van der Waals surface area (Å²) in [7, 11) is 1.65. The number of hydrogen-bond acceptors (Lipinski definition) is 4. The maximum atomic E-state index is 12.1. The zero-order valence-electron chi connectivity index (χ0n) is 14.1. The average molecular weight is 383 g/mol. The Hall–Kier alpha value is -1.81. The van der Waals surface area contributed by atoms with Gasteiger partial charge < -0.3 is 10.6 Å². The molecule has 1 aromatic rings. The number of amides is 2. The normalized spacial score (nSPS) is 16.0. The van der Waals surface area contributed by atoms with Gasteiger partial charge in [-0.1, -0.05) is 29.3 Å². The van der Waals surface area contributed by atoms with Crippen molar-refractivity contribution in [1.29, 1.82) is 5.26 Å². The highest BCUT2D eigenvalue weighted by atomic mass is 35.5. The Morgan fingerprint density at radius 2 is 1.84 bits per heavy atom. The third kappa shape index (κ3) is 5.33. The molecule has 0 heterocycles. The van der Waals surface area contributed by atoms with Gasteiger partial charge in [0.25, 0.3) is 0 Å². The fraction of sp³-hybridized carbons (Fsp3) is 0.471. The van der Waals surface area contributed by atoms with Crippen LogP contribution in [0.15, 0.2) is 18.2 Å². The lowest BCUT2D eigenvalue weighted by atomic mass is 9.98. The summed E-state index contributed by atoms with van der Waals surface area (Å²) in [5.41, 5.74) is -0.495. The second-order valence-corrected chi connectivity index (χ2v) is 7.27. The molecule has 2 amide bonds. The van der Waals surface area contributed by atoms with Gasteiger partial charge >= 0.3 is 0 Å². The van der Waals surface area contributed by atoms with Crippen molar-refractivity contribution in [3.8, 4) is 6.07 Å². The van der Waals surface area contributed by atoms with Crippen molar-refractivity contribution in [3.05, 3.63) is 28.2 Å². The number of benzene rings is 1. The first-order valence-electron chi connectivity index (χ1n) is 7.90. The van der Waals surface area contributed by atoms with Crippen LogP contribution in [0.4, 0.5) is 5.69 Å². The number of nitriles is 1. The van der Waals surface area contributed by atoms with Gasteiger partial charge in [-0.2, -0.15) is 5.26 Å². The molecule has 2 N–H and O–H groups in total. The summed E-state index contributed by atoms with van der Waals surface area (Å²) >= 11 is 12.0. The van der Waals surface area contributed by atoms with Crippen molar-refractivity contribution in [2.24, 2.45) is 5.92 Å². The van der Waals surface area contributed by atoms with Crippen molar-refractivity contribution in [3.63, 3.8) is 0 Å². The molecule has 1 aliphatic carbocycles. The molecule has 0 bridgehead atoms. The number of likely N-dealkylation sites (N-methyl/N-ethyl adjacent to an activating group) is 1. The largest absolute Gasteiger partial charge is 0.337 e. The molecular formula is C17H20Cl2N4O2. The first kappa shape index (κ1) is 19.5. The minimum absolute atomic E-state index is 0.00760. The van der Waals surface area contributed by atoms with Gasteiger partial charge in [-0.05, 0) is 44.9 Å². The van der Waals surface area contributed by atoms with Gasteiger partial charge in [-0.15, -0.1) is 0 Å². The fourth-order valence-corrected chi connectivity index (χ4v) is 3.05. The highest BCUT2D eigenvalue weighted by Crippen LogP contribution is 2.39. The molecule has 134 valence electrons. The first-order valence-corrected chi connectivity index (χ1v) is 8.65. The number of halogens is 2. The summed E-state index contributed by atoms with van der Waals surface area (Å²) < 4.78 is 0. The van der Waals surface area contributed by atoms with Crippen LogP contribution in [0, 0.1) is 17.2 Å². The zero-order valence-corrected chi connectivity index (χ0v) is 15.6. The molecule has 1 atom stereocenters. The van der Waals surface area contributed by atoms with E-state index in [2.05, 4.69) is 16.7 Å². The molecule has 0 spiro atoms. The Morgan fingerprint density at radius 3 is 2.36 bits per heavy atom. The molecule has 25 heavy (non-hydrogen) atoms. The van der Waals surface area contributed by atoms with Crippen LogP contribution in [-0.2, 0) is 9.59 Å². The molecule has 6 nitrogen and oxygen atoms in total. The van der Waals surface area contributed by atoms with E-state index in [0.29, 0.717) is 15.7 Å². The van der Waals surface area contributed by atoms with Gasteiger partial charge in [0, 0.05) is 0 Å². The minimum Gasteiger partial charge on any atom is -0.337 e. The second kappa shape index (κ2) is 8.05. The van der Waals surface area contributed by atoms with E-state index in [1.807, 2.05) is 0 Å². The molecule has 0 radical (unpaired) electrons. The molecule has 0 aromatic heterocycles. The van der Waals surface area contributed by atoms with Crippen molar-refractivity contribution in [2.45, 2.75) is 25.3 Å². The van der Waals surface area contributed by atoms with Gasteiger partial charge in [0.05, 0.1) is 34.9 Å². The molecule has 1 aromatic carbocycles. The van der Waals surface area contributed by atoms with Crippen LogP contribution in [-0.4, -0.2) is 42.4 Å². The molecule has 0 aliphatic heterocycles. The molecular weight excluding hydrogens is 363 g/mol. The van der Waals surface area contributed by atoms with Crippen LogP contribution in [0.2, 0.25) is 10.0 Å². The van der Waals surface area contributed by atoms with Crippen molar-refractivity contribution in [2.75, 3.05) is 25.5 Å². The van der Waals surface area contributed by atoms with E-state index in [1.54, 1.807) is 37.1 Å².